The van der Waals surface area contributed by atoms with Gasteiger partial charge in [-0.2, -0.15) is 0 Å². The van der Waals surface area contributed by atoms with E-state index in [4.69, 9.17) is 0 Å². The molecule has 0 heterocycles. The Balaban J connectivity index is 2.46. The molecule has 0 bridgehead atoms. The summed E-state index contributed by atoms with van der Waals surface area (Å²) in [5.41, 5.74) is 2.31. The van der Waals surface area contributed by atoms with Crippen molar-refractivity contribution >= 4 is 11.9 Å². The van der Waals surface area contributed by atoms with Crippen molar-refractivity contribution in [3.8, 4) is 0 Å². The Morgan fingerprint density at radius 1 is 1.28 bits per heavy atom. The fourth-order valence-electron chi connectivity index (χ4n) is 1.45. The van der Waals surface area contributed by atoms with Crippen LogP contribution in [0, 0.1) is 6.92 Å². The van der Waals surface area contributed by atoms with Gasteiger partial charge in [0, 0.05) is 13.6 Å². The van der Waals surface area contributed by atoms with Gasteiger partial charge < -0.3 is 10.6 Å². The van der Waals surface area contributed by atoms with E-state index in [0.717, 1.165) is 5.56 Å². The number of carbonyl (C=O) groups excluding carboxylic acids is 2. The molecule has 0 aliphatic carbocycles. The Hall–Kier alpha value is -1.88. The Labute approximate surface area is 107 Å². The first-order valence-electron chi connectivity index (χ1n) is 5.85. The van der Waals surface area contributed by atoms with E-state index in [1.54, 1.807) is 6.92 Å². The first-order valence-corrected chi connectivity index (χ1v) is 5.85. The predicted octanol–water partition coefficient (Wildman–Crippen LogP) is 0.929. The molecule has 0 aliphatic rings. The maximum atomic E-state index is 11.6. The van der Waals surface area contributed by atoms with E-state index in [-0.39, 0.29) is 5.91 Å². The Morgan fingerprint density at radius 2 is 1.94 bits per heavy atom. The molecule has 5 nitrogen and oxygen atoms in total. The summed E-state index contributed by atoms with van der Waals surface area (Å²) < 4.78 is 0. The Morgan fingerprint density at radius 3 is 2.56 bits per heavy atom. The number of benzene rings is 1. The van der Waals surface area contributed by atoms with Gasteiger partial charge in [0.1, 0.15) is 0 Å². The molecule has 1 aromatic carbocycles. The predicted molar refractivity (Wildman–Crippen MR) is 70.1 cm³/mol. The van der Waals surface area contributed by atoms with E-state index in [2.05, 4.69) is 16.0 Å². The van der Waals surface area contributed by atoms with Crippen molar-refractivity contribution in [1.29, 1.82) is 0 Å². The van der Waals surface area contributed by atoms with Crippen molar-refractivity contribution in [1.82, 2.24) is 16.0 Å². The zero-order valence-electron chi connectivity index (χ0n) is 10.9. The van der Waals surface area contributed by atoms with Crippen molar-refractivity contribution in [3.05, 3.63) is 35.4 Å². The van der Waals surface area contributed by atoms with Gasteiger partial charge >= 0.3 is 6.03 Å². The smallest absolute Gasteiger partial charge is 0.321 e. The van der Waals surface area contributed by atoms with Crippen LogP contribution in [0.25, 0.3) is 0 Å². The molecule has 1 unspecified atom stereocenters. The number of nitrogens with one attached hydrogen (secondary N) is 3. The molecule has 0 aromatic heterocycles. The lowest BCUT2D eigenvalue weighted by Gasteiger charge is -2.14. The van der Waals surface area contributed by atoms with Crippen molar-refractivity contribution in [3.63, 3.8) is 0 Å². The molecular weight excluding hydrogens is 230 g/mol. The third kappa shape index (κ3) is 4.18. The molecule has 1 rings (SSSR count). The van der Waals surface area contributed by atoms with Crippen LogP contribution in [-0.4, -0.2) is 25.0 Å². The molecule has 3 amide bonds. The molecule has 5 heteroatoms. The second-order valence-electron chi connectivity index (χ2n) is 4.10. The van der Waals surface area contributed by atoms with E-state index in [1.807, 2.05) is 31.2 Å². The van der Waals surface area contributed by atoms with Crippen LogP contribution >= 0.6 is 0 Å². The fraction of sp³-hybridized carbons (Fsp3) is 0.385. The highest BCUT2D eigenvalue weighted by atomic mass is 16.2. The van der Waals surface area contributed by atoms with Crippen LogP contribution in [0.15, 0.2) is 24.3 Å². The third-order valence-electron chi connectivity index (χ3n) is 2.72. The number of urea groups is 1. The minimum Gasteiger partial charge on any atom is -0.341 e. The van der Waals surface area contributed by atoms with E-state index in [1.165, 1.54) is 12.6 Å². The minimum absolute atomic E-state index is 0.345. The summed E-state index contributed by atoms with van der Waals surface area (Å²) in [5.74, 6) is -0.345. The standard InChI is InChI=1S/C13H19N3O2/c1-9-6-4-5-7-11(9)8-15-10(2)12(17)16-13(18)14-3/h4-7,10,15H,8H2,1-3H3,(H2,14,16,17,18). The van der Waals surface area contributed by atoms with Gasteiger partial charge in [-0.15, -0.1) is 0 Å². The van der Waals surface area contributed by atoms with Crippen LogP contribution in [0.2, 0.25) is 0 Å². The average Bonchev–Trinajstić information content (AvgIpc) is 2.37. The van der Waals surface area contributed by atoms with E-state index in [9.17, 15) is 9.59 Å². The van der Waals surface area contributed by atoms with Gasteiger partial charge in [-0.25, -0.2) is 4.79 Å². The molecule has 0 radical (unpaired) electrons. The molecule has 18 heavy (non-hydrogen) atoms. The van der Waals surface area contributed by atoms with Gasteiger partial charge in [-0.05, 0) is 25.0 Å². The molecule has 0 saturated heterocycles. The van der Waals surface area contributed by atoms with Crippen LogP contribution in [0.3, 0.4) is 0 Å². The zero-order chi connectivity index (χ0) is 13.5. The van der Waals surface area contributed by atoms with Gasteiger partial charge in [-0.3, -0.25) is 10.1 Å². The lowest BCUT2D eigenvalue weighted by Crippen LogP contribution is -2.47. The largest absolute Gasteiger partial charge is 0.341 e. The summed E-state index contributed by atoms with van der Waals surface area (Å²) in [6, 6.07) is 7.03. The van der Waals surface area contributed by atoms with E-state index in [0.29, 0.717) is 6.54 Å². The zero-order valence-corrected chi connectivity index (χ0v) is 10.9. The summed E-state index contributed by atoms with van der Waals surface area (Å²) in [7, 11) is 1.47. The number of carbonyl (C=O) groups is 2. The van der Waals surface area contributed by atoms with Crippen molar-refractivity contribution < 1.29 is 9.59 Å². The highest BCUT2D eigenvalue weighted by molar-refractivity contribution is 5.96. The second kappa shape index (κ2) is 6.76. The quantitative estimate of drug-likeness (QED) is 0.743. The number of hydrogen-bond donors (Lipinski definition) is 3. The van der Waals surface area contributed by atoms with E-state index < -0.39 is 12.1 Å². The molecule has 3 N–H and O–H groups in total. The van der Waals surface area contributed by atoms with Crippen LogP contribution in [0.4, 0.5) is 4.79 Å². The summed E-state index contributed by atoms with van der Waals surface area (Å²) in [6.07, 6.45) is 0. The van der Waals surface area contributed by atoms with Crippen LogP contribution in [0.1, 0.15) is 18.1 Å². The summed E-state index contributed by atoms with van der Waals surface area (Å²) in [5, 5.41) is 7.64. The first-order chi connectivity index (χ1) is 8.54. The highest BCUT2D eigenvalue weighted by Gasteiger charge is 2.14. The Kier molecular flexibility index (Phi) is 5.32. The van der Waals surface area contributed by atoms with Crippen LogP contribution in [0.5, 0.6) is 0 Å². The lowest BCUT2D eigenvalue weighted by atomic mass is 10.1. The summed E-state index contributed by atoms with van der Waals surface area (Å²) >= 11 is 0. The molecule has 1 aromatic rings. The van der Waals surface area contributed by atoms with Crippen molar-refractivity contribution in [2.75, 3.05) is 7.05 Å². The van der Waals surface area contributed by atoms with Gasteiger partial charge in [0.25, 0.3) is 0 Å². The minimum atomic E-state index is -0.496. The number of amides is 3. The van der Waals surface area contributed by atoms with Gasteiger partial charge in [-0.1, -0.05) is 24.3 Å². The van der Waals surface area contributed by atoms with Crippen molar-refractivity contribution in [2.24, 2.45) is 0 Å². The number of rotatable bonds is 4. The third-order valence-corrected chi connectivity index (χ3v) is 2.72. The van der Waals surface area contributed by atoms with Gasteiger partial charge in [0.05, 0.1) is 6.04 Å². The van der Waals surface area contributed by atoms with Crippen LogP contribution < -0.4 is 16.0 Å². The summed E-state index contributed by atoms with van der Waals surface area (Å²) in [4.78, 5) is 22.6. The first kappa shape index (κ1) is 14.2. The fourth-order valence-corrected chi connectivity index (χ4v) is 1.45. The van der Waals surface area contributed by atoms with E-state index >= 15 is 0 Å². The maximum absolute atomic E-state index is 11.6. The molecule has 0 saturated carbocycles. The Bertz CT molecular complexity index is 432. The lowest BCUT2D eigenvalue weighted by molar-refractivity contribution is -0.121. The number of hydrogen-bond acceptors (Lipinski definition) is 3. The molecule has 1 atom stereocenters. The van der Waals surface area contributed by atoms with Gasteiger partial charge in [0.2, 0.25) is 5.91 Å². The SMILES string of the molecule is CNC(=O)NC(=O)C(C)NCc1ccccc1C. The molecule has 98 valence electrons. The molecular formula is C13H19N3O2. The maximum Gasteiger partial charge on any atom is 0.321 e. The number of aryl methyl sites for hydroxylation is 1. The average molecular weight is 249 g/mol. The molecule has 0 aliphatic heterocycles. The topological polar surface area (TPSA) is 70.2 Å². The molecule has 0 spiro atoms. The highest BCUT2D eigenvalue weighted by Crippen LogP contribution is 2.06. The van der Waals surface area contributed by atoms with Crippen LogP contribution in [-0.2, 0) is 11.3 Å². The normalized spacial score (nSPS) is 11.7. The van der Waals surface area contributed by atoms with Crippen molar-refractivity contribution in [2.45, 2.75) is 26.4 Å². The summed E-state index contributed by atoms with van der Waals surface area (Å²) in [6.45, 7) is 4.33. The van der Waals surface area contributed by atoms with Gasteiger partial charge in [0.15, 0.2) is 0 Å². The number of imide groups is 1. The monoisotopic (exact) mass is 249 g/mol. The second-order valence-corrected chi connectivity index (χ2v) is 4.10. The molecule has 0 fully saturated rings.